The summed E-state index contributed by atoms with van der Waals surface area (Å²) in [5.74, 6) is -0.379. The van der Waals surface area contributed by atoms with E-state index >= 15 is 0 Å². The Morgan fingerprint density at radius 1 is 1.03 bits per heavy atom. The molecule has 2 amide bonds. The summed E-state index contributed by atoms with van der Waals surface area (Å²) in [6.07, 6.45) is 1.99. The fourth-order valence-corrected chi connectivity index (χ4v) is 5.34. The number of anilines is 1. The Bertz CT molecular complexity index is 1280. The summed E-state index contributed by atoms with van der Waals surface area (Å²) >= 11 is 0. The van der Waals surface area contributed by atoms with Crippen LogP contribution in [-0.4, -0.2) is 22.1 Å². The van der Waals surface area contributed by atoms with Crippen LogP contribution >= 0.6 is 0 Å². The molecule has 1 fully saturated rings. The van der Waals surface area contributed by atoms with E-state index in [0.29, 0.717) is 33.2 Å². The summed E-state index contributed by atoms with van der Waals surface area (Å²) < 4.78 is 13.5. The Morgan fingerprint density at radius 3 is 2.59 bits per heavy atom. The molecule has 162 valence electrons. The standard InChI is InChI=1S/C26H24N2O3S/c1-16-7-8-17(2)19(13-16)15-28-22-14-18(25(29)27-20-10-11-20)9-12-24(22)32(31)23-6-4-3-5-21(23)26(28)30/h3-9,12-14,20H,10-11,15H2,1-2H3,(H,27,29). The number of amides is 2. The van der Waals surface area contributed by atoms with Gasteiger partial charge in [-0.1, -0.05) is 35.9 Å². The number of nitrogens with one attached hydrogen (secondary N) is 1. The number of nitrogens with zero attached hydrogens (tertiary/aromatic N) is 1. The van der Waals surface area contributed by atoms with Gasteiger partial charge in [0.05, 0.1) is 38.4 Å². The molecule has 0 aromatic heterocycles. The highest BCUT2D eigenvalue weighted by Gasteiger charge is 2.32. The van der Waals surface area contributed by atoms with E-state index in [0.717, 1.165) is 29.5 Å². The van der Waals surface area contributed by atoms with Crippen molar-refractivity contribution in [1.29, 1.82) is 0 Å². The smallest absolute Gasteiger partial charge is 0.259 e. The third kappa shape index (κ3) is 3.75. The van der Waals surface area contributed by atoms with Crippen molar-refractivity contribution in [2.24, 2.45) is 0 Å². The molecule has 1 heterocycles. The first-order valence-electron chi connectivity index (χ1n) is 10.8. The molecular formula is C26H24N2O3S. The molecule has 1 saturated carbocycles. The average molecular weight is 445 g/mol. The van der Waals surface area contributed by atoms with Crippen LogP contribution in [0.1, 0.15) is 50.2 Å². The maximum absolute atomic E-state index is 13.7. The molecule has 1 unspecified atom stereocenters. The van der Waals surface area contributed by atoms with E-state index in [1.807, 2.05) is 26.0 Å². The van der Waals surface area contributed by atoms with Crippen molar-refractivity contribution in [3.05, 3.63) is 88.5 Å². The monoisotopic (exact) mass is 444 g/mol. The number of hydrogen-bond donors (Lipinski definition) is 1. The number of carbonyl (C=O) groups excluding carboxylic acids is 2. The summed E-state index contributed by atoms with van der Waals surface area (Å²) in [4.78, 5) is 29.1. The van der Waals surface area contributed by atoms with Crippen molar-refractivity contribution in [3.63, 3.8) is 0 Å². The molecule has 1 atom stereocenters. The fourth-order valence-electron chi connectivity index (χ4n) is 4.00. The lowest BCUT2D eigenvalue weighted by atomic mass is 10.0. The second kappa shape index (κ2) is 8.02. The molecule has 3 aromatic carbocycles. The van der Waals surface area contributed by atoms with E-state index in [4.69, 9.17) is 0 Å². The highest BCUT2D eigenvalue weighted by atomic mass is 32.2. The fraction of sp³-hybridized carbons (Fsp3) is 0.231. The molecule has 2 aliphatic rings. The molecule has 1 aliphatic carbocycles. The molecule has 0 saturated heterocycles. The van der Waals surface area contributed by atoms with Crippen molar-refractivity contribution >= 4 is 28.3 Å². The number of carbonyl (C=O) groups is 2. The summed E-state index contributed by atoms with van der Waals surface area (Å²) in [5, 5.41) is 3.00. The number of fused-ring (bicyclic) bond motifs is 2. The molecule has 3 aromatic rings. The number of benzene rings is 3. The second-order valence-electron chi connectivity index (χ2n) is 8.52. The first kappa shape index (κ1) is 20.6. The lowest BCUT2D eigenvalue weighted by molar-refractivity contribution is 0.0947. The quantitative estimate of drug-likeness (QED) is 0.643. The summed E-state index contributed by atoms with van der Waals surface area (Å²) in [6, 6.07) is 18.5. The van der Waals surface area contributed by atoms with E-state index in [1.165, 1.54) is 0 Å². The van der Waals surface area contributed by atoms with Crippen LogP contribution in [0.25, 0.3) is 0 Å². The van der Waals surface area contributed by atoms with Crippen molar-refractivity contribution in [2.75, 3.05) is 4.90 Å². The number of rotatable bonds is 4. The van der Waals surface area contributed by atoms with E-state index in [9.17, 15) is 13.8 Å². The van der Waals surface area contributed by atoms with Crippen LogP contribution in [0, 0.1) is 13.8 Å². The Hall–Kier alpha value is -3.25. The van der Waals surface area contributed by atoms with Crippen LogP contribution in [0.15, 0.2) is 70.5 Å². The van der Waals surface area contributed by atoms with Crippen molar-refractivity contribution in [3.8, 4) is 0 Å². The predicted octanol–water partition coefficient (Wildman–Crippen LogP) is 4.52. The van der Waals surface area contributed by atoms with Crippen LogP contribution in [0.5, 0.6) is 0 Å². The zero-order valence-electron chi connectivity index (χ0n) is 18.1. The average Bonchev–Trinajstić information content (AvgIpc) is 3.62. The maximum atomic E-state index is 13.7. The summed E-state index contributed by atoms with van der Waals surface area (Å²) in [7, 11) is -1.53. The third-order valence-electron chi connectivity index (χ3n) is 6.02. The van der Waals surface area contributed by atoms with Crippen LogP contribution in [0.3, 0.4) is 0 Å². The van der Waals surface area contributed by atoms with Crippen molar-refractivity contribution in [1.82, 2.24) is 5.32 Å². The normalized spacial score (nSPS) is 17.4. The topological polar surface area (TPSA) is 66.5 Å². The Labute approximate surface area is 189 Å². The van der Waals surface area contributed by atoms with Crippen LogP contribution in [0.4, 0.5) is 5.69 Å². The van der Waals surface area contributed by atoms with Crippen LogP contribution in [-0.2, 0) is 17.3 Å². The highest BCUT2D eigenvalue weighted by Crippen LogP contribution is 2.36. The number of aryl methyl sites for hydroxylation is 2. The van der Waals surface area contributed by atoms with E-state index in [1.54, 1.807) is 47.4 Å². The van der Waals surface area contributed by atoms with Gasteiger partial charge >= 0.3 is 0 Å². The van der Waals surface area contributed by atoms with Gasteiger partial charge < -0.3 is 10.2 Å². The van der Waals surface area contributed by atoms with Gasteiger partial charge in [0, 0.05) is 11.6 Å². The van der Waals surface area contributed by atoms with Crippen LogP contribution in [0.2, 0.25) is 0 Å². The van der Waals surface area contributed by atoms with Gasteiger partial charge in [-0.05, 0) is 68.1 Å². The van der Waals surface area contributed by atoms with Gasteiger partial charge in [-0.2, -0.15) is 0 Å². The molecule has 1 aliphatic heterocycles. The molecule has 0 spiro atoms. The van der Waals surface area contributed by atoms with Gasteiger partial charge in [0.2, 0.25) is 0 Å². The van der Waals surface area contributed by atoms with Gasteiger partial charge in [0.15, 0.2) is 0 Å². The Balaban J connectivity index is 1.65. The van der Waals surface area contributed by atoms with E-state index < -0.39 is 10.8 Å². The minimum absolute atomic E-state index is 0.165. The molecular weight excluding hydrogens is 420 g/mol. The zero-order valence-corrected chi connectivity index (χ0v) is 18.9. The molecule has 5 rings (SSSR count). The Kier molecular flexibility index (Phi) is 5.18. The van der Waals surface area contributed by atoms with Gasteiger partial charge in [0.25, 0.3) is 11.8 Å². The Morgan fingerprint density at radius 2 is 1.81 bits per heavy atom. The summed E-state index contributed by atoms with van der Waals surface area (Å²) in [5.41, 5.74) is 4.62. The zero-order chi connectivity index (χ0) is 22.4. The third-order valence-corrected chi connectivity index (χ3v) is 7.52. The highest BCUT2D eigenvalue weighted by molar-refractivity contribution is 7.85. The van der Waals surface area contributed by atoms with E-state index in [2.05, 4.69) is 11.4 Å². The van der Waals surface area contributed by atoms with Crippen molar-refractivity contribution in [2.45, 2.75) is 49.1 Å². The second-order valence-corrected chi connectivity index (χ2v) is 9.93. The lowest BCUT2D eigenvalue weighted by Gasteiger charge is -2.24. The molecule has 6 heteroatoms. The molecule has 5 nitrogen and oxygen atoms in total. The van der Waals surface area contributed by atoms with Gasteiger partial charge in [-0.25, -0.2) is 4.21 Å². The largest absolute Gasteiger partial charge is 0.349 e. The predicted molar refractivity (Wildman–Crippen MR) is 124 cm³/mol. The molecule has 1 N–H and O–H groups in total. The van der Waals surface area contributed by atoms with Crippen molar-refractivity contribution < 1.29 is 13.8 Å². The van der Waals surface area contributed by atoms with E-state index in [-0.39, 0.29) is 17.9 Å². The molecule has 0 radical (unpaired) electrons. The summed E-state index contributed by atoms with van der Waals surface area (Å²) in [6.45, 7) is 4.37. The SMILES string of the molecule is Cc1ccc(C)c(CN2C(=O)c3ccccc3S(=O)c3ccc(C(=O)NC4CC4)cc32)c1. The molecule has 32 heavy (non-hydrogen) atoms. The minimum atomic E-state index is -1.53. The van der Waals surface area contributed by atoms with Gasteiger partial charge in [0.1, 0.15) is 0 Å². The van der Waals surface area contributed by atoms with Gasteiger partial charge in [-0.3, -0.25) is 9.59 Å². The van der Waals surface area contributed by atoms with Gasteiger partial charge in [-0.15, -0.1) is 0 Å². The first-order chi connectivity index (χ1) is 15.4. The maximum Gasteiger partial charge on any atom is 0.259 e. The minimum Gasteiger partial charge on any atom is -0.349 e. The lowest BCUT2D eigenvalue weighted by Crippen LogP contribution is -2.31. The number of hydrogen-bond acceptors (Lipinski definition) is 3. The molecule has 0 bridgehead atoms. The van der Waals surface area contributed by atoms with Crippen LogP contribution < -0.4 is 10.2 Å². The first-order valence-corrected chi connectivity index (χ1v) is 11.9.